The largest absolute Gasteiger partial charge is 0.496 e. The molecule has 1 aromatic carbocycles. The molecule has 0 aliphatic carbocycles. The molecule has 6 nitrogen and oxygen atoms in total. The molecule has 1 atom stereocenters. The van der Waals surface area contributed by atoms with Crippen molar-refractivity contribution in [1.29, 1.82) is 0 Å². The maximum atomic E-state index is 5.65. The van der Waals surface area contributed by atoms with Crippen molar-refractivity contribution >= 4 is 0 Å². The highest BCUT2D eigenvalue weighted by Gasteiger charge is 2.30. The summed E-state index contributed by atoms with van der Waals surface area (Å²) in [5.74, 6) is 3.50. The minimum absolute atomic E-state index is 0.243. The monoisotopic (exact) mass is 360 g/mol. The minimum Gasteiger partial charge on any atom is -0.496 e. The van der Waals surface area contributed by atoms with E-state index >= 15 is 0 Å². The first-order valence-electron chi connectivity index (χ1n) is 9.06. The third kappa shape index (κ3) is 3.65. The average molecular weight is 360 g/mol. The molecular formula is C20H28N2O4. The van der Waals surface area contributed by atoms with Crippen molar-refractivity contribution in [2.45, 2.75) is 45.2 Å². The third-order valence-electron chi connectivity index (χ3n) is 4.99. The second-order valence-electron chi connectivity index (χ2n) is 6.96. The molecule has 0 saturated carbocycles. The molecule has 0 N–H and O–H groups in total. The molecule has 1 fully saturated rings. The molecule has 2 aromatic rings. The second-order valence-corrected chi connectivity index (χ2v) is 6.96. The summed E-state index contributed by atoms with van der Waals surface area (Å²) < 4.78 is 22.1. The number of benzene rings is 1. The number of likely N-dealkylation sites (tertiary alicyclic amines) is 1. The summed E-state index contributed by atoms with van der Waals surface area (Å²) in [7, 11) is 4.95. The highest BCUT2D eigenvalue weighted by molar-refractivity contribution is 5.50. The van der Waals surface area contributed by atoms with Crippen LogP contribution in [0.4, 0.5) is 0 Å². The first-order chi connectivity index (χ1) is 12.6. The SMILES string of the molecule is COc1cc(OC)c(OC)cc1CN1CCC[C@H]1c1cc(C(C)C)no1. The fourth-order valence-corrected chi connectivity index (χ4v) is 3.51. The predicted molar refractivity (Wildman–Crippen MR) is 99.1 cm³/mol. The zero-order valence-corrected chi connectivity index (χ0v) is 16.2. The Kier molecular flexibility index (Phi) is 5.71. The molecule has 1 aliphatic heterocycles. The van der Waals surface area contributed by atoms with Crippen molar-refractivity contribution in [3.63, 3.8) is 0 Å². The molecule has 1 aromatic heterocycles. The van der Waals surface area contributed by atoms with E-state index in [1.807, 2.05) is 12.1 Å². The Balaban J connectivity index is 1.84. The Hall–Kier alpha value is -2.21. The third-order valence-corrected chi connectivity index (χ3v) is 4.99. The molecule has 2 heterocycles. The Morgan fingerprint density at radius 3 is 2.38 bits per heavy atom. The summed E-state index contributed by atoms with van der Waals surface area (Å²) in [6.07, 6.45) is 2.21. The van der Waals surface area contributed by atoms with Crippen LogP contribution in [0, 0.1) is 0 Å². The molecule has 3 rings (SSSR count). The molecule has 26 heavy (non-hydrogen) atoms. The molecule has 0 unspecified atom stereocenters. The van der Waals surface area contributed by atoms with Gasteiger partial charge in [0.05, 0.1) is 33.1 Å². The molecule has 1 aliphatic rings. The lowest BCUT2D eigenvalue weighted by atomic mass is 10.1. The number of hydrogen-bond donors (Lipinski definition) is 0. The maximum Gasteiger partial charge on any atom is 0.164 e. The van der Waals surface area contributed by atoms with E-state index < -0.39 is 0 Å². The van der Waals surface area contributed by atoms with Crippen LogP contribution in [0.3, 0.4) is 0 Å². The number of rotatable bonds is 7. The topological polar surface area (TPSA) is 57.0 Å². The average Bonchev–Trinajstić information content (AvgIpc) is 3.30. The minimum atomic E-state index is 0.243. The van der Waals surface area contributed by atoms with Gasteiger partial charge in [0.15, 0.2) is 17.3 Å². The first kappa shape index (κ1) is 18.6. The van der Waals surface area contributed by atoms with Crippen LogP contribution in [0.25, 0.3) is 0 Å². The summed E-state index contributed by atoms with van der Waals surface area (Å²) in [4.78, 5) is 2.41. The standard InChI is InChI=1S/C20H28N2O4/c1-13(2)15-10-18(26-21-15)16-7-6-8-22(16)12-14-9-19(24-4)20(25-5)11-17(14)23-3/h9-11,13,16H,6-8,12H2,1-5H3/t16-/m0/s1. The van der Waals surface area contributed by atoms with E-state index in [9.17, 15) is 0 Å². The lowest BCUT2D eigenvalue weighted by Crippen LogP contribution is -2.22. The number of nitrogens with zero attached hydrogens (tertiary/aromatic N) is 2. The second kappa shape index (κ2) is 7.99. The van der Waals surface area contributed by atoms with Gasteiger partial charge in [-0.1, -0.05) is 19.0 Å². The summed E-state index contributed by atoms with van der Waals surface area (Å²) in [6.45, 7) is 6.02. The van der Waals surface area contributed by atoms with Gasteiger partial charge in [-0.05, 0) is 31.4 Å². The quantitative estimate of drug-likeness (QED) is 0.739. The molecular weight excluding hydrogens is 332 g/mol. The van der Waals surface area contributed by atoms with Crippen molar-refractivity contribution in [1.82, 2.24) is 10.1 Å². The van der Waals surface area contributed by atoms with Crippen molar-refractivity contribution in [3.8, 4) is 17.2 Å². The van der Waals surface area contributed by atoms with Gasteiger partial charge in [-0.3, -0.25) is 4.90 Å². The van der Waals surface area contributed by atoms with Gasteiger partial charge in [-0.15, -0.1) is 0 Å². The van der Waals surface area contributed by atoms with Crippen LogP contribution in [0.2, 0.25) is 0 Å². The lowest BCUT2D eigenvalue weighted by Gasteiger charge is -2.24. The fraction of sp³-hybridized carbons (Fsp3) is 0.550. The zero-order chi connectivity index (χ0) is 18.7. The van der Waals surface area contributed by atoms with E-state index in [0.717, 1.165) is 48.7 Å². The van der Waals surface area contributed by atoms with E-state index in [4.69, 9.17) is 18.7 Å². The van der Waals surface area contributed by atoms with Gasteiger partial charge in [0.25, 0.3) is 0 Å². The van der Waals surface area contributed by atoms with E-state index in [-0.39, 0.29) is 6.04 Å². The number of ether oxygens (including phenoxy) is 3. The predicted octanol–water partition coefficient (Wildman–Crippen LogP) is 4.16. The number of methoxy groups -OCH3 is 3. The van der Waals surface area contributed by atoms with Crippen LogP contribution in [0.15, 0.2) is 22.7 Å². The molecule has 6 heteroatoms. The van der Waals surface area contributed by atoms with Gasteiger partial charge < -0.3 is 18.7 Å². The fourth-order valence-electron chi connectivity index (χ4n) is 3.51. The zero-order valence-electron chi connectivity index (χ0n) is 16.2. The molecule has 0 radical (unpaired) electrons. The summed E-state index contributed by atoms with van der Waals surface area (Å²) >= 11 is 0. The van der Waals surface area contributed by atoms with Gasteiger partial charge in [0, 0.05) is 24.2 Å². The smallest absolute Gasteiger partial charge is 0.164 e. The Labute approximate surface area is 155 Å². The molecule has 0 amide bonds. The van der Waals surface area contributed by atoms with Crippen LogP contribution in [0.5, 0.6) is 17.2 Å². The van der Waals surface area contributed by atoms with E-state index in [2.05, 4.69) is 30.0 Å². The summed E-state index contributed by atoms with van der Waals surface area (Å²) in [5, 5.41) is 4.22. The van der Waals surface area contributed by atoms with Gasteiger partial charge in [-0.2, -0.15) is 0 Å². The van der Waals surface area contributed by atoms with Crippen LogP contribution >= 0.6 is 0 Å². The highest BCUT2D eigenvalue weighted by Crippen LogP contribution is 2.39. The molecule has 142 valence electrons. The highest BCUT2D eigenvalue weighted by atomic mass is 16.5. The van der Waals surface area contributed by atoms with Gasteiger partial charge in [-0.25, -0.2) is 0 Å². The van der Waals surface area contributed by atoms with Crippen molar-refractivity contribution in [3.05, 3.63) is 35.2 Å². The summed E-state index contributed by atoms with van der Waals surface area (Å²) in [5.41, 5.74) is 2.08. The van der Waals surface area contributed by atoms with Gasteiger partial charge in [0.2, 0.25) is 0 Å². The van der Waals surface area contributed by atoms with Crippen LogP contribution < -0.4 is 14.2 Å². The molecule has 0 spiro atoms. The van der Waals surface area contributed by atoms with Crippen molar-refractivity contribution in [2.24, 2.45) is 0 Å². The Morgan fingerprint density at radius 1 is 1.08 bits per heavy atom. The molecule has 0 bridgehead atoms. The van der Waals surface area contributed by atoms with E-state index in [1.165, 1.54) is 0 Å². The van der Waals surface area contributed by atoms with Crippen LogP contribution in [-0.2, 0) is 6.54 Å². The van der Waals surface area contributed by atoms with Crippen LogP contribution in [0.1, 0.15) is 55.7 Å². The van der Waals surface area contributed by atoms with Crippen molar-refractivity contribution < 1.29 is 18.7 Å². The number of hydrogen-bond acceptors (Lipinski definition) is 6. The molecule has 1 saturated heterocycles. The number of aromatic nitrogens is 1. The van der Waals surface area contributed by atoms with Gasteiger partial charge >= 0.3 is 0 Å². The van der Waals surface area contributed by atoms with Crippen molar-refractivity contribution in [2.75, 3.05) is 27.9 Å². The summed E-state index contributed by atoms with van der Waals surface area (Å²) in [6, 6.07) is 6.21. The Morgan fingerprint density at radius 2 is 1.77 bits per heavy atom. The van der Waals surface area contributed by atoms with E-state index in [0.29, 0.717) is 17.4 Å². The maximum absolute atomic E-state index is 5.65. The normalized spacial score (nSPS) is 17.7. The Bertz CT molecular complexity index is 741. The van der Waals surface area contributed by atoms with E-state index in [1.54, 1.807) is 21.3 Å². The first-order valence-corrected chi connectivity index (χ1v) is 9.06. The van der Waals surface area contributed by atoms with Crippen LogP contribution in [-0.4, -0.2) is 37.9 Å². The lowest BCUT2D eigenvalue weighted by molar-refractivity contribution is 0.203. The van der Waals surface area contributed by atoms with Gasteiger partial charge in [0.1, 0.15) is 5.75 Å².